The fourth-order valence-electron chi connectivity index (χ4n) is 0.926. The van der Waals surface area contributed by atoms with Gasteiger partial charge in [-0.15, -0.1) is 0 Å². The van der Waals surface area contributed by atoms with E-state index in [0.717, 1.165) is 5.69 Å². The molecule has 1 rings (SSSR count). The number of carbonyl (C=O) groups excluding carboxylic acids is 1. The van der Waals surface area contributed by atoms with Crippen molar-refractivity contribution >= 4 is 17.5 Å². The maximum absolute atomic E-state index is 10.5. The average Bonchev–Trinajstić information content (AvgIpc) is 2.14. The molecule has 0 bridgehead atoms. The number of nitrogens with one attached hydrogen (secondary N) is 1. The summed E-state index contributed by atoms with van der Waals surface area (Å²) in [5.74, 6) is 5.52. The Hall–Kier alpha value is -1.53. The highest BCUT2D eigenvalue weighted by Gasteiger charge is 1.97. The standard InChI is InChI=1S/C11H11ClN2O/c1-8-5-6-10(11(12)14-8)4-3-7-13-9(2)15/h5-6H,7H2,1-2H3,(H,13,15). The van der Waals surface area contributed by atoms with Gasteiger partial charge in [0.1, 0.15) is 5.15 Å². The second-order valence-electron chi connectivity index (χ2n) is 3.00. The molecule has 78 valence electrons. The Kier molecular flexibility index (Phi) is 4.14. The summed E-state index contributed by atoms with van der Waals surface area (Å²) in [6.45, 7) is 3.63. The highest BCUT2D eigenvalue weighted by atomic mass is 35.5. The zero-order valence-corrected chi connectivity index (χ0v) is 9.35. The molecule has 0 aromatic carbocycles. The molecule has 0 unspecified atom stereocenters. The van der Waals surface area contributed by atoms with Crippen molar-refractivity contribution in [2.75, 3.05) is 6.54 Å². The van der Waals surface area contributed by atoms with Gasteiger partial charge in [0.15, 0.2) is 0 Å². The SMILES string of the molecule is CC(=O)NCC#Cc1ccc(C)nc1Cl. The highest BCUT2D eigenvalue weighted by molar-refractivity contribution is 6.30. The van der Waals surface area contributed by atoms with Gasteiger partial charge in [0, 0.05) is 12.6 Å². The van der Waals surface area contributed by atoms with E-state index in [2.05, 4.69) is 22.1 Å². The van der Waals surface area contributed by atoms with Crippen molar-refractivity contribution in [3.05, 3.63) is 28.5 Å². The number of pyridine rings is 1. The summed E-state index contributed by atoms with van der Waals surface area (Å²) in [5.41, 5.74) is 1.53. The Morgan fingerprint density at radius 1 is 1.60 bits per heavy atom. The normalized spacial score (nSPS) is 9.00. The van der Waals surface area contributed by atoms with E-state index < -0.39 is 0 Å². The average molecular weight is 223 g/mol. The Morgan fingerprint density at radius 3 is 2.93 bits per heavy atom. The molecule has 0 saturated heterocycles. The maximum atomic E-state index is 10.5. The third kappa shape index (κ3) is 4.01. The van der Waals surface area contributed by atoms with Gasteiger partial charge >= 0.3 is 0 Å². The molecule has 1 amide bonds. The fourth-order valence-corrected chi connectivity index (χ4v) is 1.17. The molecule has 1 N–H and O–H groups in total. The van der Waals surface area contributed by atoms with Gasteiger partial charge in [-0.25, -0.2) is 4.98 Å². The second kappa shape index (κ2) is 5.38. The van der Waals surface area contributed by atoms with Gasteiger partial charge in [0.25, 0.3) is 0 Å². The second-order valence-corrected chi connectivity index (χ2v) is 3.36. The van der Waals surface area contributed by atoms with E-state index in [9.17, 15) is 4.79 Å². The summed E-state index contributed by atoms with van der Waals surface area (Å²) in [6.07, 6.45) is 0. The summed E-state index contributed by atoms with van der Waals surface area (Å²) in [4.78, 5) is 14.6. The minimum Gasteiger partial charge on any atom is -0.345 e. The van der Waals surface area contributed by atoms with Crippen molar-refractivity contribution < 1.29 is 4.79 Å². The van der Waals surface area contributed by atoms with Crippen molar-refractivity contribution in [2.45, 2.75) is 13.8 Å². The summed E-state index contributed by atoms with van der Waals surface area (Å²) < 4.78 is 0. The van der Waals surface area contributed by atoms with E-state index in [0.29, 0.717) is 17.3 Å². The Bertz CT molecular complexity index is 432. The highest BCUT2D eigenvalue weighted by Crippen LogP contribution is 2.11. The quantitative estimate of drug-likeness (QED) is 0.579. The van der Waals surface area contributed by atoms with Gasteiger partial charge < -0.3 is 5.32 Å². The molecule has 0 aliphatic rings. The van der Waals surface area contributed by atoms with E-state index in [-0.39, 0.29) is 5.91 Å². The van der Waals surface area contributed by atoms with Crippen LogP contribution in [0.25, 0.3) is 0 Å². The molecule has 1 aromatic rings. The lowest BCUT2D eigenvalue weighted by Crippen LogP contribution is -2.19. The molecule has 0 aliphatic carbocycles. The maximum Gasteiger partial charge on any atom is 0.217 e. The van der Waals surface area contributed by atoms with Crippen LogP contribution in [0.4, 0.5) is 0 Å². The van der Waals surface area contributed by atoms with E-state index in [1.54, 1.807) is 0 Å². The molecule has 4 heteroatoms. The van der Waals surface area contributed by atoms with E-state index >= 15 is 0 Å². The Labute approximate surface area is 93.9 Å². The number of nitrogens with zero attached hydrogens (tertiary/aromatic N) is 1. The van der Waals surface area contributed by atoms with Crippen LogP contribution in [0, 0.1) is 18.8 Å². The molecule has 1 heterocycles. The van der Waals surface area contributed by atoms with Crippen molar-refractivity contribution in [2.24, 2.45) is 0 Å². The minimum absolute atomic E-state index is 0.0996. The van der Waals surface area contributed by atoms with Crippen molar-refractivity contribution in [3.63, 3.8) is 0 Å². The van der Waals surface area contributed by atoms with Crippen molar-refractivity contribution in [1.82, 2.24) is 10.3 Å². The first kappa shape index (κ1) is 11.5. The number of hydrogen-bond acceptors (Lipinski definition) is 2. The number of amides is 1. The molecule has 0 aliphatic heterocycles. The van der Waals surface area contributed by atoms with Crippen LogP contribution in [-0.4, -0.2) is 17.4 Å². The molecule has 0 radical (unpaired) electrons. The molecule has 0 spiro atoms. The summed E-state index contributed by atoms with van der Waals surface area (Å²) >= 11 is 5.87. The lowest BCUT2D eigenvalue weighted by Gasteiger charge is -1.96. The largest absolute Gasteiger partial charge is 0.345 e. The minimum atomic E-state index is -0.0996. The monoisotopic (exact) mass is 222 g/mol. The fraction of sp³-hybridized carbons (Fsp3) is 0.273. The van der Waals surface area contributed by atoms with E-state index in [1.807, 2.05) is 19.1 Å². The number of rotatable bonds is 1. The van der Waals surface area contributed by atoms with Gasteiger partial charge in [0.2, 0.25) is 5.91 Å². The van der Waals surface area contributed by atoms with Crippen LogP contribution in [0.5, 0.6) is 0 Å². The zero-order valence-electron chi connectivity index (χ0n) is 8.60. The molecule has 0 fully saturated rings. The number of carbonyl (C=O) groups is 1. The van der Waals surface area contributed by atoms with Crippen LogP contribution in [0.1, 0.15) is 18.2 Å². The van der Waals surface area contributed by atoms with Gasteiger partial charge in [0.05, 0.1) is 12.1 Å². The van der Waals surface area contributed by atoms with Gasteiger partial charge in [-0.2, -0.15) is 0 Å². The van der Waals surface area contributed by atoms with E-state index in [4.69, 9.17) is 11.6 Å². The lowest BCUT2D eigenvalue weighted by molar-refractivity contribution is -0.118. The van der Waals surface area contributed by atoms with Gasteiger partial charge in [-0.05, 0) is 19.1 Å². The molecular weight excluding hydrogens is 212 g/mol. The van der Waals surface area contributed by atoms with Gasteiger partial charge in [-0.3, -0.25) is 4.79 Å². The topological polar surface area (TPSA) is 42.0 Å². The lowest BCUT2D eigenvalue weighted by atomic mass is 10.2. The van der Waals surface area contributed by atoms with Crippen LogP contribution in [-0.2, 0) is 4.79 Å². The number of aryl methyl sites for hydroxylation is 1. The van der Waals surface area contributed by atoms with Crippen LogP contribution in [0.15, 0.2) is 12.1 Å². The van der Waals surface area contributed by atoms with Gasteiger partial charge in [-0.1, -0.05) is 23.4 Å². The van der Waals surface area contributed by atoms with Crippen LogP contribution >= 0.6 is 11.6 Å². The number of halogens is 1. The molecule has 3 nitrogen and oxygen atoms in total. The summed E-state index contributed by atoms with van der Waals surface area (Å²) in [5, 5.41) is 2.96. The number of aromatic nitrogens is 1. The van der Waals surface area contributed by atoms with Crippen LogP contribution in [0.3, 0.4) is 0 Å². The van der Waals surface area contributed by atoms with Crippen molar-refractivity contribution in [3.8, 4) is 11.8 Å². The number of hydrogen-bond donors (Lipinski definition) is 1. The Morgan fingerprint density at radius 2 is 2.33 bits per heavy atom. The zero-order chi connectivity index (χ0) is 11.3. The molecular formula is C11H11ClN2O. The first-order valence-electron chi connectivity index (χ1n) is 4.46. The van der Waals surface area contributed by atoms with E-state index in [1.165, 1.54) is 6.92 Å². The molecule has 15 heavy (non-hydrogen) atoms. The molecule has 0 atom stereocenters. The first-order valence-corrected chi connectivity index (χ1v) is 4.84. The molecule has 1 aromatic heterocycles. The first-order chi connectivity index (χ1) is 7.09. The third-order valence-corrected chi connectivity index (χ3v) is 1.92. The predicted octanol–water partition coefficient (Wildman–Crippen LogP) is 1.53. The predicted molar refractivity (Wildman–Crippen MR) is 59.5 cm³/mol. The van der Waals surface area contributed by atoms with Crippen LogP contribution in [0.2, 0.25) is 5.15 Å². The smallest absolute Gasteiger partial charge is 0.217 e. The third-order valence-electron chi connectivity index (χ3n) is 1.64. The molecule has 0 saturated carbocycles. The summed E-state index contributed by atoms with van der Waals surface area (Å²) in [6, 6.07) is 3.65. The summed E-state index contributed by atoms with van der Waals surface area (Å²) in [7, 11) is 0. The van der Waals surface area contributed by atoms with Crippen molar-refractivity contribution in [1.29, 1.82) is 0 Å². The Balaban J connectivity index is 2.67. The van der Waals surface area contributed by atoms with Crippen LogP contribution < -0.4 is 5.32 Å².